The first-order valence-electron chi connectivity index (χ1n) is 11.3. The van der Waals surface area contributed by atoms with Crippen molar-refractivity contribution >= 4 is 0 Å². The topological polar surface area (TPSA) is 50.5 Å². The molecule has 0 unspecified atom stereocenters. The minimum absolute atomic E-state index is 0.0928. The minimum Gasteiger partial charge on any atom is -0.489 e. The largest absolute Gasteiger partial charge is 0.489 e. The Morgan fingerprint density at radius 3 is 2.71 bits per heavy atom. The smallest absolute Gasteiger partial charge is 0.124 e. The molecule has 0 bridgehead atoms. The summed E-state index contributed by atoms with van der Waals surface area (Å²) in [5.41, 5.74) is 3.68. The summed E-state index contributed by atoms with van der Waals surface area (Å²) >= 11 is 0. The summed E-state index contributed by atoms with van der Waals surface area (Å²) in [5, 5.41) is 11.0. The number of likely N-dealkylation sites (N-methyl/N-ethyl adjacent to an activating group) is 1. The normalized spacial score (nSPS) is 21.0. The third-order valence-electron chi connectivity index (χ3n) is 6.34. The van der Waals surface area contributed by atoms with Gasteiger partial charge in [-0.15, -0.1) is 0 Å². The van der Waals surface area contributed by atoms with Gasteiger partial charge < -0.3 is 14.4 Å². The number of aryl methyl sites for hydroxylation is 1. The van der Waals surface area contributed by atoms with Crippen LogP contribution in [-0.4, -0.2) is 38.8 Å². The molecule has 3 atom stereocenters. The molecule has 1 saturated carbocycles. The molecule has 4 rings (SSSR count). The van der Waals surface area contributed by atoms with Gasteiger partial charge in [0.15, 0.2) is 0 Å². The van der Waals surface area contributed by atoms with E-state index in [2.05, 4.69) is 54.2 Å². The van der Waals surface area contributed by atoms with Gasteiger partial charge in [-0.25, -0.2) is 4.98 Å². The zero-order valence-electron chi connectivity index (χ0n) is 18.5. The van der Waals surface area contributed by atoms with Gasteiger partial charge in [0, 0.05) is 30.5 Å². The van der Waals surface area contributed by atoms with E-state index < -0.39 is 6.10 Å². The van der Waals surface area contributed by atoms with Crippen molar-refractivity contribution in [3.05, 3.63) is 83.9 Å². The Balaban J connectivity index is 1.48. The van der Waals surface area contributed by atoms with Gasteiger partial charge in [0.25, 0.3) is 0 Å². The van der Waals surface area contributed by atoms with Gasteiger partial charge in [0.1, 0.15) is 12.4 Å². The summed E-state index contributed by atoms with van der Waals surface area (Å²) in [6.07, 6.45) is 9.22. The standard InChI is InChI=1S/C26H33N3O2/c1-3-7-20-10-13-25(31-18-21-8-5-4-6-9-21)22(16-20)17-28(2)23-11-12-24(26(23)30)29-15-14-27-19-29/h4-6,8-10,13-16,19,23-24,26,30H,3,7,11-12,17-18H2,1-2H3/t23-,24-,26-/m1/s1. The fraction of sp³-hybridized carbons (Fsp3) is 0.423. The van der Waals surface area contributed by atoms with E-state index >= 15 is 0 Å². The maximum Gasteiger partial charge on any atom is 0.124 e. The lowest BCUT2D eigenvalue weighted by Crippen LogP contribution is -2.39. The van der Waals surface area contributed by atoms with Crippen molar-refractivity contribution in [3.63, 3.8) is 0 Å². The minimum atomic E-state index is -0.410. The molecule has 1 fully saturated rings. The number of aliphatic hydroxyl groups excluding tert-OH is 1. The number of benzene rings is 2. The zero-order valence-corrected chi connectivity index (χ0v) is 18.5. The second-order valence-corrected chi connectivity index (χ2v) is 8.59. The van der Waals surface area contributed by atoms with Crippen molar-refractivity contribution < 1.29 is 9.84 Å². The summed E-state index contributed by atoms with van der Waals surface area (Å²) in [6, 6.07) is 17.0. The van der Waals surface area contributed by atoms with Crippen LogP contribution in [0.3, 0.4) is 0 Å². The summed E-state index contributed by atoms with van der Waals surface area (Å²) in [6.45, 7) is 3.51. The molecular formula is C26H33N3O2. The molecule has 0 amide bonds. The van der Waals surface area contributed by atoms with Crippen molar-refractivity contribution in [1.29, 1.82) is 0 Å². The van der Waals surface area contributed by atoms with E-state index in [9.17, 15) is 5.11 Å². The van der Waals surface area contributed by atoms with Crippen LogP contribution in [0, 0.1) is 0 Å². The van der Waals surface area contributed by atoms with Crippen LogP contribution >= 0.6 is 0 Å². The van der Waals surface area contributed by atoms with E-state index in [0.29, 0.717) is 6.61 Å². The zero-order chi connectivity index (χ0) is 21.6. The highest BCUT2D eigenvalue weighted by Gasteiger charge is 2.38. The van der Waals surface area contributed by atoms with E-state index in [-0.39, 0.29) is 12.1 Å². The van der Waals surface area contributed by atoms with E-state index in [1.54, 1.807) is 12.5 Å². The Bertz CT molecular complexity index is 943. The molecule has 0 radical (unpaired) electrons. The van der Waals surface area contributed by atoms with Crippen molar-refractivity contribution in [1.82, 2.24) is 14.5 Å². The molecule has 0 saturated heterocycles. The summed E-state index contributed by atoms with van der Waals surface area (Å²) in [5.74, 6) is 0.925. The fourth-order valence-electron chi connectivity index (χ4n) is 4.67. The number of imidazole rings is 1. The first-order chi connectivity index (χ1) is 15.2. The Morgan fingerprint density at radius 2 is 1.97 bits per heavy atom. The van der Waals surface area contributed by atoms with E-state index in [0.717, 1.165) is 43.5 Å². The number of nitrogens with zero attached hydrogens (tertiary/aromatic N) is 3. The van der Waals surface area contributed by atoms with Crippen LogP contribution in [-0.2, 0) is 19.6 Å². The number of ether oxygens (including phenoxy) is 1. The van der Waals surface area contributed by atoms with Crippen molar-refractivity contribution in [3.8, 4) is 5.75 Å². The first kappa shape index (κ1) is 21.6. The quantitative estimate of drug-likeness (QED) is 0.550. The van der Waals surface area contributed by atoms with Crippen LogP contribution in [0.5, 0.6) is 5.75 Å². The number of aromatic nitrogens is 2. The van der Waals surface area contributed by atoms with Crippen LogP contribution in [0.4, 0.5) is 0 Å². The van der Waals surface area contributed by atoms with E-state index in [1.807, 2.05) is 29.0 Å². The van der Waals surface area contributed by atoms with E-state index in [4.69, 9.17) is 4.74 Å². The SMILES string of the molecule is CCCc1ccc(OCc2ccccc2)c(CN(C)[C@@H]2CC[C@@H](n3ccnc3)[C@@H]2O)c1. The number of hydrogen-bond donors (Lipinski definition) is 1. The van der Waals surface area contributed by atoms with Crippen LogP contribution in [0.25, 0.3) is 0 Å². The highest BCUT2D eigenvalue weighted by Crippen LogP contribution is 2.34. The molecule has 1 N–H and O–H groups in total. The second-order valence-electron chi connectivity index (χ2n) is 8.59. The van der Waals surface area contributed by atoms with Crippen molar-refractivity contribution in [2.75, 3.05) is 7.05 Å². The molecule has 5 heteroatoms. The van der Waals surface area contributed by atoms with Gasteiger partial charge in [0.05, 0.1) is 18.5 Å². The Kier molecular flexibility index (Phi) is 7.05. The monoisotopic (exact) mass is 419 g/mol. The summed E-state index contributed by atoms with van der Waals surface area (Å²) < 4.78 is 8.26. The number of aliphatic hydroxyl groups is 1. The van der Waals surface area contributed by atoms with Crippen molar-refractivity contribution in [2.24, 2.45) is 0 Å². The fourth-order valence-corrected chi connectivity index (χ4v) is 4.67. The maximum atomic E-state index is 11.0. The Labute approximate surface area is 185 Å². The van der Waals surface area contributed by atoms with E-state index in [1.165, 1.54) is 11.1 Å². The number of hydrogen-bond acceptors (Lipinski definition) is 4. The van der Waals surface area contributed by atoms with Crippen LogP contribution < -0.4 is 4.74 Å². The molecule has 31 heavy (non-hydrogen) atoms. The van der Waals surface area contributed by atoms with Gasteiger partial charge in [0.2, 0.25) is 0 Å². The Morgan fingerprint density at radius 1 is 1.13 bits per heavy atom. The third kappa shape index (κ3) is 5.17. The molecular weight excluding hydrogens is 386 g/mol. The molecule has 1 aliphatic rings. The predicted molar refractivity (Wildman–Crippen MR) is 123 cm³/mol. The average Bonchev–Trinajstić information content (AvgIpc) is 3.44. The molecule has 3 aromatic rings. The van der Waals surface area contributed by atoms with Crippen molar-refractivity contribution in [2.45, 2.75) is 63.9 Å². The van der Waals surface area contributed by atoms with Gasteiger partial charge in [-0.3, -0.25) is 4.90 Å². The molecule has 0 spiro atoms. The molecule has 5 nitrogen and oxygen atoms in total. The van der Waals surface area contributed by atoms with Gasteiger partial charge in [-0.2, -0.15) is 0 Å². The first-order valence-corrected chi connectivity index (χ1v) is 11.3. The van der Waals surface area contributed by atoms with Gasteiger partial charge in [-0.05, 0) is 43.5 Å². The third-order valence-corrected chi connectivity index (χ3v) is 6.34. The lowest BCUT2D eigenvalue weighted by molar-refractivity contribution is 0.0569. The highest BCUT2D eigenvalue weighted by molar-refractivity contribution is 5.38. The van der Waals surface area contributed by atoms with Gasteiger partial charge >= 0.3 is 0 Å². The van der Waals surface area contributed by atoms with Crippen LogP contribution in [0.15, 0.2) is 67.3 Å². The molecule has 1 aliphatic carbocycles. The maximum absolute atomic E-state index is 11.0. The predicted octanol–water partition coefficient (Wildman–Crippen LogP) is 4.61. The molecule has 0 aliphatic heterocycles. The Hall–Kier alpha value is -2.63. The molecule has 1 aromatic heterocycles. The number of rotatable bonds is 9. The molecule has 164 valence electrons. The highest BCUT2D eigenvalue weighted by atomic mass is 16.5. The lowest BCUT2D eigenvalue weighted by atomic mass is 10.0. The molecule has 2 aromatic carbocycles. The molecule has 1 heterocycles. The summed E-state index contributed by atoms with van der Waals surface area (Å²) in [4.78, 5) is 6.42. The lowest BCUT2D eigenvalue weighted by Gasteiger charge is -2.29. The van der Waals surface area contributed by atoms with Crippen LogP contribution in [0.1, 0.15) is 48.9 Å². The second kappa shape index (κ2) is 10.1. The van der Waals surface area contributed by atoms with Crippen LogP contribution in [0.2, 0.25) is 0 Å². The summed E-state index contributed by atoms with van der Waals surface area (Å²) in [7, 11) is 2.11. The van der Waals surface area contributed by atoms with Gasteiger partial charge in [-0.1, -0.05) is 55.8 Å². The average molecular weight is 420 g/mol.